The van der Waals surface area contributed by atoms with Crippen LogP contribution >= 0.6 is 0 Å². The lowest BCUT2D eigenvalue weighted by molar-refractivity contribution is -0.145. The summed E-state index contributed by atoms with van der Waals surface area (Å²) in [6, 6.07) is 2.10. The molecule has 1 heterocycles. The van der Waals surface area contributed by atoms with Gasteiger partial charge in [-0.1, -0.05) is 6.07 Å². The number of amides is 1. The second kappa shape index (κ2) is 8.37. The highest BCUT2D eigenvalue weighted by Gasteiger charge is 2.30. The Morgan fingerprint density at radius 1 is 1.12 bits per heavy atom. The number of carbonyl (C=O) groups is 2. The van der Waals surface area contributed by atoms with Gasteiger partial charge in [0, 0.05) is 13.0 Å². The van der Waals surface area contributed by atoms with E-state index in [0.717, 1.165) is 24.0 Å². The first kappa shape index (κ1) is 19.3. The van der Waals surface area contributed by atoms with Crippen molar-refractivity contribution in [3.8, 4) is 0 Å². The molecule has 1 saturated heterocycles. The van der Waals surface area contributed by atoms with Crippen molar-refractivity contribution in [3.63, 3.8) is 0 Å². The molecule has 138 valence electrons. The van der Waals surface area contributed by atoms with Crippen LogP contribution in [0.2, 0.25) is 0 Å². The number of carbonyl (C=O) groups excluding carboxylic acids is 2. The van der Waals surface area contributed by atoms with Crippen LogP contribution in [0.3, 0.4) is 0 Å². The first-order valence-electron chi connectivity index (χ1n) is 9.04. The molecule has 0 saturated carbocycles. The third kappa shape index (κ3) is 4.53. The molecule has 1 aromatic carbocycles. The summed E-state index contributed by atoms with van der Waals surface area (Å²) in [4.78, 5) is 26.2. The van der Waals surface area contributed by atoms with Gasteiger partial charge in [-0.3, -0.25) is 4.79 Å². The molecule has 1 aliphatic heterocycles. The highest BCUT2D eigenvalue weighted by atomic mass is 16.7. The number of piperidine rings is 1. The first-order valence-corrected chi connectivity index (χ1v) is 9.04. The molecule has 5 heteroatoms. The Bertz CT molecular complexity index is 654. The molecule has 5 nitrogen and oxygen atoms in total. The van der Waals surface area contributed by atoms with E-state index in [0.29, 0.717) is 19.4 Å². The van der Waals surface area contributed by atoms with Crippen molar-refractivity contribution in [2.75, 3.05) is 13.2 Å². The molecule has 0 aliphatic carbocycles. The number of rotatable bonds is 4. The molecule has 1 amide bonds. The topological polar surface area (TPSA) is 55.8 Å². The lowest BCUT2D eigenvalue weighted by atomic mass is 9.92. The molecule has 0 radical (unpaired) electrons. The van der Waals surface area contributed by atoms with E-state index >= 15 is 0 Å². The van der Waals surface area contributed by atoms with Gasteiger partial charge in [-0.25, -0.2) is 4.79 Å². The van der Waals surface area contributed by atoms with Crippen molar-refractivity contribution >= 4 is 12.1 Å². The van der Waals surface area contributed by atoms with Gasteiger partial charge < -0.3 is 14.4 Å². The van der Waals surface area contributed by atoms with Gasteiger partial charge >= 0.3 is 6.16 Å². The zero-order chi connectivity index (χ0) is 18.6. The lowest BCUT2D eigenvalue weighted by Crippen LogP contribution is -2.46. The van der Waals surface area contributed by atoms with E-state index < -0.39 is 12.4 Å². The van der Waals surface area contributed by atoms with Crippen molar-refractivity contribution in [3.05, 3.63) is 33.9 Å². The minimum atomic E-state index is -0.703. The predicted molar refractivity (Wildman–Crippen MR) is 96.6 cm³/mol. The SMILES string of the molecule is CCOC(=O)OC1CCCCN1C(=O)Cc1cc(C)c(C)c(C)c1C. The van der Waals surface area contributed by atoms with E-state index in [9.17, 15) is 9.59 Å². The number of hydrogen-bond acceptors (Lipinski definition) is 4. The van der Waals surface area contributed by atoms with Crippen molar-refractivity contribution in [2.24, 2.45) is 0 Å². The highest BCUT2D eigenvalue weighted by Crippen LogP contribution is 2.24. The monoisotopic (exact) mass is 347 g/mol. The van der Waals surface area contributed by atoms with E-state index in [-0.39, 0.29) is 12.5 Å². The smallest absolute Gasteiger partial charge is 0.435 e. The lowest BCUT2D eigenvalue weighted by Gasteiger charge is -2.34. The van der Waals surface area contributed by atoms with Gasteiger partial charge in [0.15, 0.2) is 6.23 Å². The van der Waals surface area contributed by atoms with Gasteiger partial charge in [-0.05, 0) is 75.3 Å². The number of aryl methyl sites for hydroxylation is 1. The van der Waals surface area contributed by atoms with Crippen LogP contribution in [0.25, 0.3) is 0 Å². The Balaban J connectivity index is 2.14. The van der Waals surface area contributed by atoms with Crippen LogP contribution in [0, 0.1) is 27.7 Å². The quantitative estimate of drug-likeness (QED) is 0.773. The van der Waals surface area contributed by atoms with Crippen molar-refractivity contribution in [1.29, 1.82) is 0 Å². The maximum Gasteiger partial charge on any atom is 0.510 e. The van der Waals surface area contributed by atoms with Gasteiger partial charge in [-0.2, -0.15) is 0 Å². The summed E-state index contributed by atoms with van der Waals surface area (Å²) in [7, 11) is 0. The van der Waals surface area contributed by atoms with Crippen LogP contribution in [0.15, 0.2) is 6.07 Å². The Morgan fingerprint density at radius 3 is 2.52 bits per heavy atom. The molecule has 0 bridgehead atoms. The van der Waals surface area contributed by atoms with E-state index in [1.807, 2.05) is 0 Å². The molecule has 0 N–H and O–H groups in total. The molecule has 1 fully saturated rings. The summed E-state index contributed by atoms with van der Waals surface area (Å²) in [6.07, 6.45) is 1.64. The van der Waals surface area contributed by atoms with E-state index in [4.69, 9.17) is 9.47 Å². The van der Waals surface area contributed by atoms with Gasteiger partial charge in [0.2, 0.25) is 5.91 Å². The first-order chi connectivity index (χ1) is 11.8. The summed E-state index contributed by atoms with van der Waals surface area (Å²) >= 11 is 0. The van der Waals surface area contributed by atoms with Crippen LogP contribution in [0.5, 0.6) is 0 Å². The Kier molecular flexibility index (Phi) is 6.45. The van der Waals surface area contributed by atoms with E-state index in [1.54, 1.807) is 11.8 Å². The van der Waals surface area contributed by atoms with Crippen molar-refractivity contribution < 1.29 is 19.1 Å². The van der Waals surface area contributed by atoms with Crippen molar-refractivity contribution in [1.82, 2.24) is 4.90 Å². The number of nitrogens with zero attached hydrogens (tertiary/aromatic N) is 1. The molecule has 1 atom stereocenters. The summed E-state index contributed by atoms with van der Waals surface area (Å²) in [5, 5.41) is 0. The van der Waals surface area contributed by atoms with Crippen LogP contribution < -0.4 is 0 Å². The fourth-order valence-corrected chi connectivity index (χ4v) is 3.32. The number of benzene rings is 1. The third-order valence-electron chi connectivity index (χ3n) is 5.19. The second-order valence-electron chi connectivity index (χ2n) is 6.74. The summed E-state index contributed by atoms with van der Waals surface area (Å²) in [5.41, 5.74) is 5.92. The molecule has 1 aromatic rings. The predicted octanol–water partition coefficient (Wildman–Crippen LogP) is 3.97. The van der Waals surface area contributed by atoms with Gasteiger partial charge in [0.25, 0.3) is 0 Å². The Labute approximate surface area is 150 Å². The largest absolute Gasteiger partial charge is 0.510 e. The summed E-state index contributed by atoms with van der Waals surface area (Å²) < 4.78 is 10.2. The van der Waals surface area contributed by atoms with Crippen LogP contribution in [-0.2, 0) is 20.7 Å². The number of likely N-dealkylation sites (tertiary alicyclic amines) is 1. The average Bonchev–Trinajstić information content (AvgIpc) is 2.58. The molecule has 1 aliphatic rings. The fraction of sp³-hybridized carbons (Fsp3) is 0.600. The second-order valence-corrected chi connectivity index (χ2v) is 6.74. The van der Waals surface area contributed by atoms with E-state index in [1.165, 1.54) is 16.7 Å². The Morgan fingerprint density at radius 2 is 1.84 bits per heavy atom. The fourth-order valence-electron chi connectivity index (χ4n) is 3.32. The minimum absolute atomic E-state index is 0.000230. The molecular weight excluding hydrogens is 318 g/mol. The zero-order valence-corrected chi connectivity index (χ0v) is 16.0. The molecular formula is C20H29NO4. The van der Waals surface area contributed by atoms with Crippen LogP contribution in [0.1, 0.15) is 54.0 Å². The summed E-state index contributed by atoms with van der Waals surface area (Å²) in [5.74, 6) is -0.000230. The van der Waals surface area contributed by atoms with E-state index in [2.05, 4.69) is 33.8 Å². The zero-order valence-electron chi connectivity index (χ0n) is 16.0. The molecule has 0 aromatic heterocycles. The highest BCUT2D eigenvalue weighted by molar-refractivity contribution is 5.80. The number of ether oxygens (including phenoxy) is 2. The van der Waals surface area contributed by atoms with Crippen molar-refractivity contribution in [2.45, 2.75) is 66.5 Å². The minimum Gasteiger partial charge on any atom is -0.435 e. The normalized spacial score (nSPS) is 17.3. The van der Waals surface area contributed by atoms with Crippen LogP contribution in [-0.4, -0.2) is 36.3 Å². The van der Waals surface area contributed by atoms with Gasteiger partial charge in [0.1, 0.15) is 0 Å². The maximum absolute atomic E-state index is 12.9. The van der Waals surface area contributed by atoms with Gasteiger partial charge in [0.05, 0.1) is 13.0 Å². The molecule has 1 unspecified atom stereocenters. The average molecular weight is 347 g/mol. The molecule has 0 spiro atoms. The molecule has 2 rings (SSSR count). The third-order valence-corrected chi connectivity index (χ3v) is 5.19. The summed E-state index contributed by atoms with van der Waals surface area (Å²) in [6.45, 7) is 11.0. The standard InChI is InChI=1S/C20H29NO4/c1-6-24-20(23)25-19-9-7-8-10-21(19)18(22)12-17-11-13(2)14(3)15(4)16(17)5/h11,19H,6-10,12H2,1-5H3. The molecule has 25 heavy (non-hydrogen) atoms. The van der Waals surface area contributed by atoms with Gasteiger partial charge in [-0.15, -0.1) is 0 Å². The Hall–Kier alpha value is -2.04. The maximum atomic E-state index is 12.9. The number of hydrogen-bond donors (Lipinski definition) is 0. The van der Waals surface area contributed by atoms with Crippen LogP contribution in [0.4, 0.5) is 4.79 Å².